The van der Waals surface area contributed by atoms with Crippen LogP contribution < -0.4 is 5.32 Å². The van der Waals surface area contributed by atoms with Gasteiger partial charge in [-0.2, -0.15) is 4.98 Å². The second kappa shape index (κ2) is 7.69. The minimum absolute atomic E-state index is 0.188. The van der Waals surface area contributed by atoms with E-state index in [4.69, 9.17) is 9.05 Å². The van der Waals surface area contributed by atoms with Gasteiger partial charge in [-0.3, -0.25) is 4.79 Å². The van der Waals surface area contributed by atoms with Gasteiger partial charge in [-0.05, 0) is 42.6 Å². The average Bonchev–Trinajstić information content (AvgIpc) is 3.54. The summed E-state index contributed by atoms with van der Waals surface area (Å²) in [7, 11) is 0. The monoisotopic (exact) mass is 434 g/mol. The molecule has 148 valence electrons. The molecule has 0 aliphatic rings. The standard InChI is InChI=1S/C21H14N4O3S2/c1-12-8-9-18(30-12)19-23-21(28-25-19)13-5-2-3-6-14(13)22-20(26)15-11-16(27-24-15)17-7-4-10-29-17/h2-11H,1H3,(H,22,26). The third kappa shape index (κ3) is 3.56. The van der Waals surface area contributed by atoms with Gasteiger partial charge in [-0.1, -0.05) is 28.5 Å². The molecule has 5 aromatic rings. The summed E-state index contributed by atoms with van der Waals surface area (Å²) < 4.78 is 10.8. The van der Waals surface area contributed by atoms with Gasteiger partial charge >= 0.3 is 0 Å². The van der Waals surface area contributed by atoms with Crippen LogP contribution in [0.4, 0.5) is 5.69 Å². The zero-order valence-corrected chi connectivity index (χ0v) is 17.3. The quantitative estimate of drug-likeness (QED) is 0.379. The van der Waals surface area contributed by atoms with Crippen LogP contribution in [0.15, 0.2) is 69.0 Å². The predicted molar refractivity (Wildman–Crippen MR) is 116 cm³/mol. The molecule has 0 radical (unpaired) electrons. The fraction of sp³-hybridized carbons (Fsp3) is 0.0476. The smallest absolute Gasteiger partial charge is 0.277 e. The fourth-order valence-corrected chi connectivity index (χ4v) is 4.34. The van der Waals surface area contributed by atoms with E-state index in [0.717, 1.165) is 9.75 Å². The number of rotatable bonds is 5. The molecular formula is C21H14N4O3S2. The third-order valence-corrected chi connectivity index (χ3v) is 6.18. The maximum Gasteiger partial charge on any atom is 0.277 e. The van der Waals surface area contributed by atoms with Gasteiger partial charge in [-0.25, -0.2) is 0 Å². The first kappa shape index (κ1) is 18.5. The fourth-order valence-electron chi connectivity index (χ4n) is 2.87. The summed E-state index contributed by atoms with van der Waals surface area (Å²) in [6.45, 7) is 2.02. The van der Waals surface area contributed by atoms with Crippen LogP contribution in [-0.4, -0.2) is 21.2 Å². The Morgan fingerprint density at radius 3 is 2.70 bits per heavy atom. The molecule has 1 aromatic carbocycles. The van der Waals surface area contributed by atoms with Crippen LogP contribution in [-0.2, 0) is 0 Å². The number of aromatic nitrogens is 3. The summed E-state index contributed by atoms with van der Waals surface area (Å²) in [5, 5.41) is 12.7. The van der Waals surface area contributed by atoms with Crippen LogP contribution in [0, 0.1) is 6.92 Å². The summed E-state index contributed by atoms with van der Waals surface area (Å²) in [4.78, 5) is 20.2. The number of carbonyl (C=O) groups excluding carboxylic acids is 1. The van der Waals surface area contributed by atoms with Crippen LogP contribution in [0.2, 0.25) is 0 Å². The van der Waals surface area contributed by atoms with Gasteiger partial charge in [0, 0.05) is 10.9 Å². The number of hydrogen-bond donors (Lipinski definition) is 1. The Hall–Kier alpha value is -3.56. The van der Waals surface area contributed by atoms with Gasteiger partial charge in [-0.15, -0.1) is 22.7 Å². The first-order valence-corrected chi connectivity index (χ1v) is 10.7. The lowest BCUT2D eigenvalue weighted by Gasteiger charge is -2.06. The third-order valence-electron chi connectivity index (χ3n) is 4.30. The van der Waals surface area contributed by atoms with Crippen LogP contribution in [0.1, 0.15) is 15.4 Å². The number of nitrogens with zero attached hydrogens (tertiary/aromatic N) is 3. The van der Waals surface area contributed by atoms with Crippen LogP contribution in [0.25, 0.3) is 32.8 Å². The highest BCUT2D eigenvalue weighted by Gasteiger charge is 2.19. The van der Waals surface area contributed by atoms with Gasteiger partial charge in [0.25, 0.3) is 11.8 Å². The molecule has 0 saturated heterocycles. The van der Waals surface area contributed by atoms with E-state index in [0.29, 0.717) is 28.7 Å². The summed E-state index contributed by atoms with van der Waals surface area (Å²) in [5.74, 6) is 1.01. The molecule has 0 atom stereocenters. The van der Waals surface area contributed by atoms with E-state index in [2.05, 4.69) is 20.6 Å². The number of aryl methyl sites for hydroxylation is 1. The van der Waals surface area contributed by atoms with Gasteiger partial charge in [0.1, 0.15) is 0 Å². The number of thiophene rings is 2. The zero-order chi connectivity index (χ0) is 20.5. The molecule has 0 saturated carbocycles. The second-order valence-corrected chi connectivity index (χ2v) is 8.62. The molecule has 4 aromatic heterocycles. The lowest BCUT2D eigenvalue weighted by atomic mass is 10.1. The van der Waals surface area contributed by atoms with Crippen molar-refractivity contribution in [3.63, 3.8) is 0 Å². The highest BCUT2D eigenvalue weighted by molar-refractivity contribution is 7.15. The maximum absolute atomic E-state index is 12.7. The highest BCUT2D eigenvalue weighted by atomic mass is 32.1. The SMILES string of the molecule is Cc1ccc(-c2noc(-c3ccccc3NC(=O)c3cc(-c4cccs4)on3)n2)s1. The normalized spacial score (nSPS) is 11.0. The molecule has 1 N–H and O–H groups in total. The molecule has 9 heteroatoms. The number of nitrogens with one attached hydrogen (secondary N) is 1. The molecule has 0 aliphatic heterocycles. The van der Waals surface area contributed by atoms with Crippen molar-refractivity contribution in [3.8, 4) is 32.8 Å². The van der Waals surface area contributed by atoms with Crippen molar-refractivity contribution in [1.29, 1.82) is 0 Å². The number of amides is 1. The van der Waals surface area contributed by atoms with Crippen LogP contribution in [0.3, 0.4) is 0 Å². The van der Waals surface area contributed by atoms with E-state index < -0.39 is 0 Å². The van der Waals surface area contributed by atoms with Crippen molar-refractivity contribution < 1.29 is 13.8 Å². The molecule has 30 heavy (non-hydrogen) atoms. The number of para-hydroxylation sites is 1. The Labute approximate surface area is 179 Å². The minimum Gasteiger partial charge on any atom is -0.355 e. The lowest BCUT2D eigenvalue weighted by molar-refractivity contribution is 0.101. The first-order valence-electron chi connectivity index (χ1n) is 8.99. The molecule has 0 unspecified atom stereocenters. The molecular weight excluding hydrogens is 420 g/mol. The Kier molecular flexibility index (Phi) is 4.74. The van der Waals surface area contributed by atoms with Gasteiger partial charge in [0.05, 0.1) is 21.0 Å². The minimum atomic E-state index is -0.386. The molecule has 4 heterocycles. The number of benzene rings is 1. The summed E-state index contributed by atoms with van der Waals surface area (Å²) in [6, 6.07) is 16.6. The number of hydrogen-bond acceptors (Lipinski definition) is 8. The largest absolute Gasteiger partial charge is 0.355 e. The van der Waals surface area contributed by atoms with Gasteiger partial charge in [0.15, 0.2) is 11.5 Å². The molecule has 0 bridgehead atoms. The van der Waals surface area contributed by atoms with E-state index in [1.54, 1.807) is 23.5 Å². The predicted octanol–water partition coefficient (Wildman–Crippen LogP) is 5.74. The summed E-state index contributed by atoms with van der Waals surface area (Å²) >= 11 is 3.10. The summed E-state index contributed by atoms with van der Waals surface area (Å²) in [5.41, 5.74) is 1.36. The number of anilines is 1. The summed E-state index contributed by atoms with van der Waals surface area (Å²) in [6.07, 6.45) is 0. The van der Waals surface area contributed by atoms with E-state index in [9.17, 15) is 4.79 Å². The average molecular weight is 435 g/mol. The van der Waals surface area contributed by atoms with Crippen molar-refractivity contribution in [2.45, 2.75) is 6.92 Å². The van der Waals surface area contributed by atoms with Gasteiger partial charge < -0.3 is 14.4 Å². The van der Waals surface area contributed by atoms with Crippen molar-refractivity contribution in [1.82, 2.24) is 15.3 Å². The Morgan fingerprint density at radius 1 is 1.00 bits per heavy atom. The Bertz CT molecular complexity index is 1320. The first-order chi connectivity index (χ1) is 14.7. The zero-order valence-electron chi connectivity index (χ0n) is 15.7. The van der Waals surface area contributed by atoms with Crippen molar-refractivity contribution >= 4 is 34.3 Å². The van der Waals surface area contributed by atoms with Crippen molar-refractivity contribution in [3.05, 3.63) is 70.5 Å². The maximum atomic E-state index is 12.7. The van der Waals surface area contributed by atoms with Gasteiger partial charge in [0.2, 0.25) is 5.82 Å². The molecule has 7 nitrogen and oxygen atoms in total. The molecule has 5 rings (SSSR count). The lowest BCUT2D eigenvalue weighted by Crippen LogP contribution is -2.12. The van der Waals surface area contributed by atoms with Crippen LogP contribution >= 0.6 is 22.7 Å². The van der Waals surface area contributed by atoms with Crippen molar-refractivity contribution in [2.24, 2.45) is 0 Å². The molecule has 0 spiro atoms. The molecule has 1 amide bonds. The van der Waals surface area contributed by atoms with Crippen molar-refractivity contribution in [2.75, 3.05) is 5.32 Å². The van der Waals surface area contributed by atoms with E-state index in [-0.39, 0.29) is 11.6 Å². The van der Waals surface area contributed by atoms with E-state index in [1.165, 1.54) is 16.2 Å². The number of carbonyl (C=O) groups is 1. The highest BCUT2D eigenvalue weighted by Crippen LogP contribution is 2.31. The van der Waals surface area contributed by atoms with E-state index >= 15 is 0 Å². The topological polar surface area (TPSA) is 94.1 Å². The second-order valence-electron chi connectivity index (χ2n) is 6.39. The van der Waals surface area contributed by atoms with E-state index in [1.807, 2.05) is 54.8 Å². The molecule has 0 fully saturated rings. The Morgan fingerprint density at radius 2 is 1.90 bits per heavy atom. The van der Waals surface area contributed by atoms with Crippen LogP contribution in [0.5, 0.6) is 0 Å². The molecule has 0 aliphatic carbocycles. The Balaban J connectivity index is 1.40.